The summed E-state index contributed by atoms with van der Waals surface area (Å²) in [6.07, 6.45) is 10.2. The Bertz CT molecular complexity index is 2600. The molecule has 3 aliphatic heterocycles. The lowest BCUT2D eigenvalue weighted by Crippen LogP contribution is -2.59. The van der Waals surface area contributed by atoms with Gasteiger partial charge in [-0.25, -0.2) is 18.7 Å². The van der Waals surface area contributed by atoms with E-state index in [2.05, 4.69) is 25.5 Å². The van der Waals surface area contributed by atoms with E-state index in [0.717, 1.165) is 44.2 Å². The summed E-state index contributed by atoms with van der Waals surface area (Å²) >= 11 is 0. The number of benzene rings is 2. The molecule has 1 aliphatic carbocycles. The van der Waals surface area contributed by atoms with Crippen molar-refractivity contribution in [1.29, 1.82) is 5.26 Å². The van der Waals surface area contributed by atoms with Gasteiger partial charge in [-0.1, -0.05) is 0 Å². The van der Waals surface area contributed by atoms with Gasteiger partial charge in [0.25, 0.3) is 5.91 Å². The molecule has 3 saturated heterocycles. The molecule has 4 aliphatic rings. The Morgan fingerprint density at radius 1 is 0.951 bits per heavy atom. The van der Waals surface area contributed by atoms with E-state index >= 15 is 8.78 Å². The van der Waals surface area contributed by atoms with Crippen LogP contribution < -0.4 is 15.5 Å². The summed E-state index contributed by atoms with van der Waals surface area (Å²) in [5.74, 6) is -4.61. The number of hydrogen-bond acceptors (Lipinski definition) is 11. The molecule has 16 nitrogen and oxygen atoms in total. The topological polar surface area (TPSA) is 194 Å². The van der Waals surface area contributed by atoms with Crippen LogP contribution in [0.3, 0.4) is 0 Å². The second kappa shape index (κ2) is 15.6. The van der Waals surface area contributed by atoms with Gasteiger partial charge in [-0.05, 0) is 70.2 Å². The highest BCUT2D eigenvalue weighted by molar-refractivity contribution is 6.08. The molecule has 3 N–H and O–H groups in total. The van der Waals surface area contributed by atoms with E-state index in [4.69, 9.17) is 5.10 Å². The molecule has 1 saturated carbocycles. The van der Waals surface area contributed by atoms with Gasteiger partial charge in [0, 0.05) is 98.2 Å². The number of imide groups is 1. The van der Waals surface area contributed by atoms with Crippen LogP contribution in [-0.4, -0.2) is 108 Å². The minimum absolute atomic E-state index is 0.0201. The van der Waals surface area contributed by atoms with E-state index in [1.54, 1.807) is 31.0 Å². The molecule has 316 valence electrons. The third kappa shape index (κ3) is 7.67. The van der Waals surface area contributed by atoms with E-state index in [1.165, 1.54) is 29.1 Å². The first-order valence-electron chi connectivity index (χ1n) is 20.6. The summed E-state index contributed by atoms with van der Waals surface area (Å²) in [5, 5.41) is 31.1. The fourth-order valence-corrected chi connectivity index (χ4v) is 9.33. The highest BCUT2D eigenvalue weighted by atomic mass is 19.1. The molecule has 4 amide bonds. The number of halogens is 2. The lowest BCUT2D eigenvalue weighted by atomic mass is 9.89. The van der Waals surface area contributed by atoms with Crippen LogP contribution in [0, 0.1) is 28.9 Å². The summed E-state index contributed by atoms with van der Waals surface area (Å²) in [6.45, 7) is 6.76. The van der Waals surface area contributed by atoms with Crippen molar-refractivity contribution in [3.8, 4) is 6.07 Å². The largest absolute Gasteiger partial charge is 0.386 e. The van der Waals surface area contributed by atoms with Crippen molar-refractivity contribution >= 4 is 51.6 Å². The summed E-state index contributed by atoms with van der Waals surface area (Å²) in [7, 11) is 0. The number of piperazine rings is 1. The van der Waals surface area contributed by atoms with Crippen molar-refractivity contribution in [2.24, 2.45) is 5.92 Å². The SMILES string of the molecule is CC(C)(O)c1cc2nn(C3CCC(N4CCN(C(=O)C5CN(c6cc(F)c([C@H]7CCC(=O)NC7=O)c(F)c6)C5)CC4)CC3)cc2cc1NC(=O)c1ncn2cc(C#N)cnc12. The maximum Gasteiger partial charge on any atom is 0.278 e. The van der Waals surface area contributed by atoms with Crippen molar-refractivity contribution in [3.05, 3.63) is 83.2 Å². The Kier molecular flexibility index (Phi) is 10.3. The van der Waals surface area contributed by atoms with Crippen LogP contribution in [0.4, 0.5) is 20.2 Å². The maximum absolute atomic E-state index is 15.1. The van der Waals surface area contributed by atoms with Gasteiger partial charge in [-0.15, -0.1) is 0 Å². The van der Waals surface area contributed by atoms with Crippen LogP contribution in [0.25, 0.3) is 16.6 Å². The van der Waals surface area contributed by atoms with E-state index in [-0.39, 0.29) is 42.0 Å². The number of nitrogens with one attached hydrogen (secondary N) is 2. The van der Waals surface area contributed by atoms with Crippen molar-refractivity contribution in [1.82, 2.24) is 39.3 Å². The van der Waals surface area contributed by atoms with Gasteiger partial charge in [0.2, 0.25) is 17.7 Å². The molecule has 0 unspecified atom stereocenters. The first-order chi connectivity index (χ1) is 29.2. The predicted molar refractivity (Wildman–Crippen MR) is 217 cm³/mol. The molecule has 5 aromatic rings. The number of aromatic nitrogens is 5. The number of rotatable bonds is 8. The maximum atomic E-state index is 15.1. The zero-order valence-corrected chi connectivity index (χ0v) is 33.8. The molecular weight excluding hydrogens is 789 g/mol. The van der Waals surface area contributed by atoms with Gasteiger partial charge < -0.3 is 20.2 Å². The number of aliphatic hydroxyl groups is 1. The highest BCUT2D eigenvalue weighted by Gasteiger charge is 2.39. The Morgan fingerprint density at radius 2 is 1.66 bits per heavy atom. The number of carbonyl (C=O) groups excluding carboxylic acids is 4. The molecule has 18 heteroatoms. The number of nitrogens with zero attached hydrogens (tertiary/aromatic N) is 9. The van der Waals surface area contributed by atoms with Gasteiger partial charge in [-0.2, -0.15) is 10.4 Å². The molecule has 61 heavy (non-hydrogen) atoms. The molecule has 2 aromatic carbocycles. The number of carbonyl (C=O) groups is 4. The number of fused-ring (bicyclic) bond motifs is 2. The van der Waals surface area contributed by atoms with Crippen molar-refractivity contribution in [3.63, 3.8) is 0 Å². The number of piperidine rings is 1. The summed E-state index contributed by atoms with van der Waals surface area (Å²) in [4.78, 5) is 65.2. The monoisotopic (exact) mass is 833 g/mol. The number of nitriles is 1. The van der Waals surface area contributed by atoms with Crippen LogP contribution in [-0.2, 0) is 20.0 Å². The Balaban J connectivity index is 0.778. The second-order valence-corrected chi connectivity index (χ2v) is 17.1. The minimum atomic E-state index is -1.29. The van der Waals surface area contributed by atoms with Crippen molar-refractivity contribution in [2.75, 3.05) is 49.5 Å². The quantitative estimate of drug-likeness (QED) is 0.192. The second-order valence-electron chi connectivity index (χ2n) is 17.1. The summed E-state index contributed by atoms with van der Waals surface area (Å²) < 4.78 is 33.7. The zero-order chi connectivity index (χ0) is 42.7. The third-order valence-corrected chi connectivity index (χ3v) is 12.7. The first kappa shape index (κ1) is 40.1. The van der Waals surface area contributed by atoms with E-state index in [1.807, 2.05) is 27.9 Å². The first-order valence-corrected chi connectivity index (χ1v) is 20.6. The molecular formula is C43H45F2N11O5. The average molecular weight is 834 g/mol. The third-order valence-electron chi connectivity index (χ3n) is 12.7. The lowest BCUT2D eigenvalue weighted by molar-refractivity contribution is -0.138. The van der Waals surface area contributed by atoms with Crippen molar-refractivity contribution < 1.29 is 33.1 Å². The smallest absolute Gasteiger partial charge is 0.278 e. The van der Waals surface area contributed by atoms with Crippen LogP contribution in [0.1, 0.15) is 91.5 Å². The Labute approximate surface area is 349 Å². The standard InChI is InChI=1S/C43H45F2N11O5/c1-43(2,61)31-16-34-25(13-35(31)49-41(59)38-39-47-18-24(17-46)19-55(39)23-48-38)22-56(51-34)28-5-3-27(4-6-28)52-9-11-53(12-10-52)42(60)26-20-54(21-26)29-14-32(44)37(33(45)15-29)30-7-8-36(57)50-40(30)58/h13-16,18-19,22-23,26-28,30,61H,3-12,20-21H2,1-2H3,(H,49,59)(H,50,57,58)/t27?,28?,30-/m1/s1. The van der Waals surface area contributed by atoms with E-state index in [9.17, 15) is 29.5 Å². The Morgan fingerprint density at radius 3 is 2.33 bits per heavy atom. The van der Waals surface area contributed by atoms with Crippen molar-refractivity contribution in [2.45, 2.75) is 76.0 Å². The van der Waals surface area contributed by atoms with E-state index in [0.29, 0.717) is 65.9 Å². The fourth-order valence-electron chi connectivity index (χ4n) is 9.33. The lowest BCUT2D eigenvalue weighted by Gasteiger charge is -2.45. The average Bonchev–Trinajstić information content (AvgIpc) is 3.84. The molecule has 9 rings (SSSR count). The van der Waals surface area contributed by atoms with Crippen LogP contribution >= 0.6 is 0 Å². The number of amides is 4. The molecule has 6 heterocycles. The van der Waals surface area contributed by atoms with Gasteiger partial charge in [-0.3, -0.25) is 38.5 Å². The van der Waals surface area contributed by atoms with Crippen LogP contribution in [0.5, 0.6) is 0 Å². The predicted octanol–water partition coefficient (Wildman–Crippen LogP) is 3.99. The fraction of sp³-hybridized carbons (Fsp3) is 0.442. The number of hydrogen-bond donors (Lipinski definition) is 3. The molecule has 3 aromatic heterocycles. The highest BCUT2D eigenvalue weighted by Crippen LogP contribution is 2.37. The van der Waals surface area contributed by atoms with Gasteiger partial charge in [0.15, 0.2) is 11.3 Å². The number of imidazole rings is 1. The van der Waals surface area contributed by atoms with E-state index < -0.39 is 40.9 Å². The summed E-state index contributed by atoms with van der Waals surface area (Å²) in [5.41, 5.74) is 1.05. The van der Waals surface area contributed by atoms with Gasteiger partial charge >= 0.3 is 0 Å². The summed E-state index contributed by atoms with van der Waals surface area (Å²) in [6, 6.07) is 8.61. The normalized spacial score (nSPS) is 21.7. The zero-order valence-electron chi connectivity index (χ0n) is 33.8. The van der Waals surface area contributed by atoms with Gasteiger partial charge in [0.1, 0.15) is 24.0 Å². The van der Waals surface area contributed by atoms with Gasteiger partial charge in [0.05, 0.1) is 34.6 Å². The molecule has 1 atom stereocenters. The molecule has 0 radical (unpaired) electrons. The molecule has 0 spiro atoms. The molecule has 0 bridgehead atoms. The van der Waals surface area contributed by atoms with Crippen LogP contribution in [0.15, 0.2) is 49.2 Å². The van der Waals surface area contributed by atoms with Crippen LogP contribution in [0.2, 0.25) is 0 Å². The minimum Gasteiger partial charge on any atom is -0.386 e. The Hall–Kier alpha value is -6.32. The number of anilines is 2. The molecule has 4 fully saturated rings.